The molecule has 0 spiro atoms. The zero-order chi connectivity index (χ0) is 37.4. The molecule has 1 aliphatic rings. The van der Waals surface area contributed by atoms with E-state index in [4.69, 9.17) is 18.9 Å². The lowest BCUT2D eigenvalue weighted by atomic mass is 9.72. The number of carbonyl (C=O) groups is 2. The average molecular weight is 755 g/mol. The highest BCUT2D eigenvalue weighted by Gasteiger charge is 2.41. The number of ether oxygens (including phenoxy) is 4. The zero-order valence-corrected chi connectivity index (χ0v) is 32.0. The maximum Gasteiger partial charge on any atom is 0.309 e. The van der Waals surface area contributed by atoms with Gasteiger partial charge in [0.15, 0.2) is 0 Å². The van der Waals surface area contributed by atoms with E-state index in [9.17, 15) is 26.4 Å². The van der Waals surface area contributed by atoms with Gasteiger partial charge in [0.05, 0.1) is 35.8 Å². The summed E-state index contributed by atoms with van der Waals surface area (Å²) in [7, 11) is -5.46. The molecule has 0 bridgehead atoms. The predicted molar refractivity (Wildman–Crippen MR) is 190 cm³/mol. The zero-order valence-electron chi connectivity index (χ0n) is 30.4. The van der Waals surface area contributed by atoms with Gasteiger partial charge in [-0.15, -0.1) is 0 Å². The SMILES string of the molecule is COS(=O)(=O)c1ccc(OCCOC(=O)C2CCC(CCCC(C)CCCC(C)C)CC2C(=O)OCCOc2ccc(S(=O)(=O)OC)cc2)cc1. The van der Waals surface area contributed by atoms with E-state index in [1.165, 1.54) is 67.8 Å². The number of benzene rings is 2. The summed E-state index contributed by atoms with van der Waals surface area (Å²) in [4.78, 5) is 26.7. The van der Waals surface area contributed by atoms with Crippen LogP contribution in [0.2, 0.25) is 0 Å². The third-order valence-corrected chi connectivity index (χ3v) is 11.8. The van der Waals surface area contributed by atoms with Crippen LogP contribution in [0.25, 0.3) is 0 Å². The van der Waals surface area contributed by atoms with Crippen LogP contribution >= 0.6 is 0 Å². The van der Waals surface area contributed by atoms with Crippen molar-refractivity contribution in [2.45, 2.75) is 88.3 Å². The van der Waals surface area contributed by atoms with E-state index in [2.05, 4.69) is 29.1 Å². The third-order valence-electron chi connectivity index (χ3n) is 9.21. The summed E-state index contributed by atoms with van der Waals surface area (Å²) in [5.74, 6) is 0.180. The van der Waals surface area contributed by atoms with Gasteiger partial charge in [0.2, 0.25) is 0 Å². The van der Waals surface area contributed by atoms with Crippen molar-refractivity contribution in [3.8, 4) is 11.5 Å². The Labute approximate surface area is 303 Å². The van der Waals surface area contributed by atoms with Crippen LogP contribution in [0.15, 0.2) is 58.3 Å². The fourth-order valence-electron chi connectivity index (χ4n) is 6.25. The summed E-state index contributed by atoms with van der Waals surface area (Å²) in [6.45, 7) is 6.78. The van der Waals surface area contributed by atoms with Crippen LogP contribution in [0, 0.1) is 29.6 Å². The Morgan fingerprint density at radius 1 is 0.647 bits per heavy atom. The molecule has 0 N–H and O–H groups in total. The monoisotopic (exact) mass is 754 g/mol. The van der Waals surface area contributed by atoms with Gasteiger partial charge in [-0.2, -0.15) is 16.8 Å². The van der Waals surface area contributed by atoms with Crippen molar-refractivity contribution < 1.29 is 53.7 Å². The highest BCUT2D eigenvalue weighted by molar-refractivity contribution is 7.87. The highest BCUT2D eigenvalue weighted by Crippen LogP contribution is 2.38. The van der Waals surface area contributed by atoms with Gasteiger partial charge in [-0.25, -0.2) is 0 Å². The van der Waals surface area contributed by atoms with Crippen LogP contribution in [0.5, 0.6) is 11.5 Å². The molecular formula is C37H54O12S2. The van der Waals surface area contributed by atoms with Gasteiger partial charge in [0, 0.05) is 0 Å². The van der Waals surface area contributed by atoms with Crippen molar-refractivity contribution in [3.05, 3.63) is 48.5 Å². The van der Waals surface area contributed by atoms with E-state index in [0.29, 0.717) is 42.1 Å². The van der Waals surface area contributed by atoms with Crippen LogP contribution in [0.1, 0.15) is 78.6 Å². The minimum absolute atomic E-state index is 0.00469. The largest absolute Gasteiger partial charge is 0.490 e. The topological polar surface area (TPSA) is 158 Å². The summed E-state index contributed by atoms with van der Waals surface area (Å²) >= 11 is 0. The molecule has 286 valence electrons. The Bertz CT molecular complexity index is 1570. The second kappa shape index (κ2) is 20.7. The maximum atomic E-state index is 13.4. The molecule has 51 heavy (non-hydrogen) atoms. The second-order valence-corrected chi connectivity index (χ2v) is 16.9. The van der Waals surface area contributed by atoms with Gasteiger partial charge >= 0.3 is 11.9 Å². The molecule has 2 aromatic rings. The van der Waals surface area contributed by atoms with Crippen LogP contribution in [0.4, 0.5) is 0 Å². The minimum Gasteiger partial charge on any atom is -0.490 e. The van der Waals surface area contributed by atoms with E-state index in [-0.39, 0.29) is 36.2 Å². The Morgan fingerprint density at radius 3 is 1.59 bits per heavy atom. The first kappa shape index (κ1) is 42.2. The quantitative estimate of drug-likeness (QED) is 0.0725. The van der Waals surface area contributed by atoms with Crippen molar-refractivity contribution in [2.75, 3.05) is 40.6 Å². The normalized spacial score (nSPS) is 18.6. The molecule has 0 amide bonds. The minimum atomic E-state index is -3.82. The molecule has 0 radical (unpaired) electrons. The van der Waals surface area contributed by atoms with Gasteiger partial charge in [-0.1, -0.05) is 59.3 Å². The Kier molecular flexibility index (Phi) is 17.2. The van der Waals surface area contributed by atoms with E-state index >= 15 is 0 Å². The number of hydrogen-bond donors (Lipinski definition) is 0. The lowest BCUT2D eigenvalue weighted by Crippen LogP contribution is -2.38. The maximum absolute atomic E-state index is 13.4. The van der Waals surface area contributed by atoms with E-state index in [0.717, 1.165) is 39.9 Å². The molecule has 4 unspecified atom stereocenters. The molecule has 14 heteroatoms. The molecule has 0 heterocycles. The first-order valence-electron chi connectivity index (χ1n) is 17.7. The van der Waals surface area contributed by atoms with E-state index in [1.54, 1.807) is 0 Å². The average Bonchev–Trinajstić information content (AvgIpc) is 3.12. The van der Waals surface area contributed by atoms with E-state index in [1.807, 2.05) is 0 Å². The molecule has 4 atom stereocenters. The van der Waals surface area contributed by atoms with Crippen molar-refractivity contribution in [1.82, 2.24) is 0 Å². The summed E-state index contributed by atoms with van der Waals surface area (Å²) in [5.41, 5.74) is 0. The molecular weight excluding hydrogens is 701 g/mol. The lowest BCUT2D eigenvalue weighted by molar-refractivity contribution is -0.164. The van der Waals surface area contributed by atoms with Crippen LogP contribution in [-0.2, 0) is 47.7 Å². The van der Waals surface area contributed by atoms with Gasteiger partial charge < -0.3 is 18.9 Å². The second-order valence-electron chi connectivity index (χ2n) is 13.5. The fourth-order valence-corrected chi connectivity index (χ4v) is 7.58. The van der Waals surface area contributed by atoms with Crippen molar-refractivity contribution in [2.24, 2.45) is 29.6 Å². The van der Waals surface area contributed by atoms with Crippen molar-refractivity contribution in [1.29, 1.82) is 0 Å². The van der Waals surface area contributed by atoms with E-state index < -0.39 is 44.0 Å². The fraction of sp³-hybridized carbons (Fsp3) is 0.622. The van der Waals surface area contributed by atoms with Crippen LogP contribution < -0.4 is 9.47 Å². The summed E-state index contributed by atoms with van der Waals surface area (Å²) in [6.07, 6.45) is 8.74. The molecule has 3 rings (SSSR count). The molecule has 1 fully saturated rings. The predicted octanol–water partition coefficient (Wildman–Crippen LogP) is 6.57. The van der Waals surface area contributed by atoms with Gasteiger partial charge in [0.25, 0.3) is 20.2 Å². The van der Waals surface area contributed by atoms with Gasteiger partial charge in [-0.3, -0.25) is 18.0 Å². The van der Waals surface area contributed by atoms with Crippen LogP contribution in [-0.4, -0.2) is 69.4 Å². The number of hydrogen-bond acceptors (Lipinski definition) is 12. The first-order valence-corrected chi connectivity index (χ1v) is 20.5. The molecule has 1 saturated carbocycles. The number of carbonyl (C=O) groups excluding carboxylic acids is 2. The Hall–Kier alpha value is -3.20. The molecule has 0 aromatic heterocycles. The molecule has 1 aliphatic carbocycles. The smallest absolute Gasteiger partial charge is 0.309 e. The first-order chi connectivity index (χ1) is 24.3. The summed E-state index contributed by atoms with van der Waals surface area (Å²) in [5, 5.41) is 0. The van der Waals surface area contributed by atoms with Crippen LogP contribution in [0.3, 0.4) is 0 Å². The van der Waals surface area contributed by atoms with Crippen molar-refractivity contribution in [3.63, 3.8) is 0 Å². The Morgan fingerprint density at radius 2 is 1.12 bits per heavy atom. The standard InChI is InChI=1S/C37H54O12S2/c1-27(2)8-6-9-28(3)10-7-11-29-12-21-34(36(38)48-24-22-46-30-13-17-32(18-14-30)50(40,41)44-4)35(26-29)37(39)49-25-23-47-31-15-19-33(20-16-31)51(42,43)45-5/h13-20,27-29,34-35H,6-12,21-26H2,1-5H3. The number of esters is 2. The third kappa shape index (κ3) is 14.0. The molecule has 0 aliphatic heterocycles. The molecule has 12 nitrogen and oxygen atoms in total. The number of rotatable bonds is 22. The molecule has 2 aromatic carbocycles. The van der Waals surface area contributed by atoms with Crippen molar-refractivity contribution >= 4 is 32.2 Å². The highest BCUT2D eigenvalue weighted by atomic mass is 32.2. The van der Waals surface area contributed by atoms with Gasteiger partial charge in [-0.05, 0) is 85.5 Å². The summed E-state index contributed by atoms with van der Waals surface area (Å²) in [6, 6.07) is 11.4. The lowest BCUT2D eigenvalue weighted by Gasteiger charge is -2.33. The van der Waals surface area contributed by atoms with Gasteiger partial charge in [0.1, 0.15) is 37.9 Å². The molecule has 0 saturated heterocycles. The Balaban J connectivity index is 1.53. The summed E-state index contributed by atoms with van der Waals surface area (Å²) < 4.78 is 78.7.